The monoisotopic (exact) mass is 211 g/mol. The van der Waals surface area contributed by atoms with Crippen molar-refractivity contribution in [1.82, 2.24) is 5.32 Å². The van der Waals surface area contributed by atoms with Crippen molar-refractivity contribution in [3.8, 4) is 5.75 Å². The molecule has 0 aliphatic heterocycles. The normalized spacial score (nSPS) is 9.73. The van der Waals surface area contributed by atoms with E-state index in [9.17, 15) is 4.79 Å². The van der Waals surface area contributed by atoms with E-state index in [1.807, 2.05) is 0 Å². The van der Waals surface area contributed by atoms with Crippen LogP contribution in [-0.2, 0) is 13.2 Å². The van der Waals surface area contributed by atoms with Gasteiger partial charge in [-0.1, -0.05) is 12.1 Å². The van der Waals surface area contributed by atoms with E-state index in [1.165, 1.54) is 7.11 Å². The second-order valence-corrected chi connectivity index (χ2v) is 2.96. The van der Waals surface area contributed by atoms with Crippen molar-refractivity contribution >= 4 is 6.09 Å². The van der Waals surface area contributed by atoms with Gasteiger partial charge in [-0.15, -0.1) is 0 Å². The standard InChI is InChI=1S/C10H13NO4/c1-15-9-4-7(6-12)2-3-8(9)5-11-10(13)14/h2-4,11-12H,5-6H2,1H3,(H,13,14). The first-order valence-corrected chi connectivity index (χ1v) is 4.41. The number of benzene rings is 1. The molecule has 5 heteroatoms. The summed E-state index contributed by atoms with van der Waals surface area (Å²) in [5.74, 6) is 0.565. The van der Waals surface area contributed by atoms with E-state index in [1.54, 1.807) is 18.2 Å². The van der Waals surface area contributed by atoms with Gasteiger partial charge < -0.3 is 20.3 Å². The van der Waals surface area contributed by atoms with Crippen molar-refractivity contribution in [2.75, 3.05) is 7.11 Å². The largest absolute Gasteiger partial charge is 0.496 e. The lowest BCUT2D eigenvalue weighted by atomic mass is 10.1. The highest BCUT2D eigenvalue weighted by Crippen LogP contribution is 2.20. The Labute approximate surface area is 87.3 Å². The van der Waals surface area contributed by atoms with Crippen molar-refractivity contribution in [2.45, 2.75) is 13.2 Å². The predicted molar refractivity (Wildman–Crippen MR) is 53.8 cm³/mol. The lowest BCUT2D eigenvalue weighted by Gasteiger charge is -2.09. The van der Waals surface area contributed by atoms with Crippen molar-refractivity contribution in [3.63, 3.8) is 0 Å². The van der Waals surface area contributed by atoms with Gasteiger partial charge in [0.2, 0.25) is 0 Å². The maximum absolute atomic E-state index is 10.3. The van der Waals surface area contributed by atoms with E-state index < -0.39 is 6.09 Å². The number of amides is 1. The Hall–Kier alpha value is -1.75. The molecule has 1 amide bonds. The summed E-state index contributed by atoms with van der Waals surface area (Å²) < 4.78 is 5.08. The van der Waals surface area contributed by atoms with Crippen LogP contribution in [0.15, 0.2) is 18.2 Å². The molecular formula is C10H13NO4. The van der Waals surface area contributed by atoms with Gasteiger partial charge in [0.1, 0.15) is 5.75 Å². The Morgan fingerprint density at radius 3 is 2.80 bits per heavy atom. The molecule has 0 saturated heterocycles. The van der Waals surface area contributed by atoms with Crippen LogP contribution in [0.4, 0.5) is 4.79 Å². The zero-order valence-electron chi connectivity index (χ0n) is 8.36. The number of ether oxygens (including phenoxy) is 1. The smallest absolute Gasteiger partial charge is 0.404 e. The number of rotatable bonds is 4. The highest BCUT2D eigenvalue weighted by molar-refractivity contribution is 5.64. The van der Waals surface area contributed by atoms with E-state index >= 15 is 0 Å². The van der Waals surface area contributed by atoms with Gasteiger partial charge in [-0.2, -0.15) is 0 Å². The van der Waals surface area contributed by atoms with Crippen LogP contribution in [0.25, 0.3) is 0 Å². The number of carbonyl (C=O) groups is 1. The maximum Gasteiger partial charge on any atom is 0.404 e. The third-order valence-corrected chi connectivity index (χ3v) is 1.96. The lowest BCUT2D eigenvalue weighted by Crippen LogP contribution is -2.20. The molecular weight excluding hydrogens is 198 g/mol. The highest BCUT2D eigenvalue weighted by Gasteiger charge is 2.05. The minimum Gasteiger partial charge on any atom is -0.496 e. The van der Waals surface area contributed by atoms with Crippen LogP contribution < -0.4 is 10.1 Å². The number of hydrogen-bond donors (Lipinski definition) is 3. The zero-order valence-corrected chi connectivity index (χ0v) is 8.36. The zero-order chi connectivity index (χ0) is 11.3. The van der Waals surface area contributed by atoms with Gasteiger partial charge in [-0.3, -0.25) is 0 Å². The molecule has 0 heterocycles. The minimum absolute atomic E-state index is 0.0665. The van der Waals surface area contributed by atoms with Crippen molar-refractivity contribution < 1.29 is 19.7 Å². The summed E-state index contributed by atoms with van der Waals surface area (Å²) in [7, 11) is 1.50. The van der Waals surface area contributed by atoms with Crippen LogP contribution in [0.1, 0.15) is 11.1 Å². The fourth-order valence-corrected chi connectivity index (χ4v) is 1.20. The number of carboxylic acid groups (broad SMARTS) is 1. The van der Waals surface area contributed by atoms with E-state index in [2.05, 4.69) is 5.32 Å². The summed E-state index contributed by atoms with van der Waals surface area (Å²) in [5.41, 5.74) is 1.46. The third kappa shape index (κ3) is 3.14. The van der Waals surface area contributed by atoms with Crippen LogP contribution in [-0.4, -0.2) is 23.4 Å². The van der Waals surface area contributed by atoms with E-state index in [4.69, 9.17) is 14.9 Å². The van der Waals surface area contributed by atoms with Gasteiger partial charge in [0.05, 0.1) is 13.7 Å². The van der Waals surface area contributed by atoms with Crippen LogP contribution >= 0.6 is 0 Å². The van der Waals surface area contributed by atoms with E-state index in [-0.39, 0.29) is 13.2 Å². The summed E-state index contributed by atoms with van der Waals surface area (Å²) in [6, 6.07) is 5.13. The molecule has 0 saturated carbocycles. The van der Waals surface area contributed by atoms with Gasteiger partial charge in [0, 0.05) is 12.1 Å². The van der Waals surface area contributed by atoms with Crippen LogP contribution in [0, 0.1) is 0 Å². The second-order valence-electron chi connectivity index (χ2n) is 2.96. The first-order chi connectivity index (χ1) is 7.17. The Bertz CT molecular complexity index is 351. The third-order valence-electron chi connectivity index (χ3n) is 1.96. The molecule has 0 atom stereocenters. The number of methoxy groups -OCH3 is 1. The van der Waals surface area contributed by atoms with Crippen LogP contribution in [0.2, 0.25) is 0 Å². The van der Waals surface area contributed by atoms with Gasteiger partial charge >= 0.3 is 6.09 Å². The second kappa shape index (κ2) is 5.21. The maximum atomic E-state index is 10.3. The first kappa shape index (κ1) is 11.3. The molecule has 15 heavy (non-hydrogen) atoms. The van der Waals surface area contributed by atoms with E-state index in [0.29, 0.717) is 5.75 Å². The lowest BCUT2D eigenvalue weighted by molar-refractivity contribution is 0.194. The molecule has 5 nitrogen and oxygen atoms in total. The fourth-order valence-electron chi connectivity index (χ4n) is 1.20. The van der Waals surface area contributed by atoms with Crippen molar-refractivity contribution in [1.29, 1.82) is 0 Å². The molecule has 82 valence electrons. The molecule has 0 spiro atoms. The summed E-state index contributed by atoms with van der Waals surface area (Å²) in [6.45, 7) is 0.118. The van der Waals surface area contributed by atoms with Gasteiger partial charge in [0.15, 0.2) is 0 Å². The Balaban J connectivity index is 2.82. The molecule has 0 fully saturated rings. The van der Waals surface area contributed by atoms with Gasteiger partial charge in [-0.05, 0) is 11.6 Å². The summed E-state index contributed by atoms with van der Waals surface area (Å²) in [5, 5.41) is 19.6. The fraction of sp³-hybridized carbons (Fsp3) is 0.300. The van der Waals surface area contributed by atoms with Crippen molar-refractivity contribution in [2.24, 2.45) is 0 Å². The molecule has 0 unspecified atom stereocenters. The average molecular weight is 211 g/mol. The molecule has 3 N–H and O–H groups in total. The molecule has 1 aromatic rings. The number of aliphatic hydroxyl groups excluding tert-OH is 1. The Morgan fingerprint density at radius 1 is 1.53 bits per heavy atom. The number of hydrogen-bond acceptors (Lipinski definition) is 3. The molecule has 0 aliphatic carbocycles. The number of nitrogens with one attached hydrogen (secondary N) is 1. The Morgan fingerprint density at radius 2 is 2.27 bits per heavy atom. The number of aliphatic hydroxyl groups is 1. The van der Waals surface area contributed by atoms with Gasteiger partial charge in [0.25, 0.3) is 0 Å². The summed E-state index contributed by atoms with van der Waals surface area (Å²) >= 11 is 0. The van der Waals surface area contributed by atoms with Crippen LogP contribution in [0.5, 0.6) is 5.75 Å². The first-order valence-electron chi connectivity index (χ1n) is 4.41. The van der Waals surface area contributed by atoms with Crippen LogP contribution in [0.3, 0.4) is 0 Å². The molecule has 1 aromatic carbocycles. The van der Waals surface area contributed by atoms with E-state index in [0.717, 1.165) is 11.1 Å². The predicted octanol–water partition coefficient (Wildman–Crippen LogP) is 0.955. The topological polar surface area (TPSA) is 78.8 Å². The molecule has 0 aromatic heterocycles. The molecule has 0 bridgehead atoms. The average Bonchev–Trinajstić information content (AvgIpc) is 2.25. The molecule has 1 rings (SSSR count). The molecule has 0 aliphatic rings. The minimum atomic E-state index is -1.08. The molecule has 0 radical (unpaired) electrons. The summed E-state index contributed by atoms with van der Waals surface area (Å²) in [4.78, 5) is 10.3. The highest BCUT2D eigenvalue weighted by atomic mass is 16.5. The Kier molecular flexibility index (Phi) is 3.93. The van der Waals surface area contributed by atoms with Gasteiger partial charge in [-0.25, -0.2) is 4.79 Å². The quantitative estimate of drug-likeness (QED) is 0.693. The van der Waals surface area contributed by atoms with Crippen molar-refractivity contribution in [3.05, 3.63) is 29.3 Å². The SMILES string of the molecule is COc1cc(CO)ccc1CNC(=O)O. The summed E-state index contributed by atoms with van der Waals surface area (Å²) in [6.07, 6.45) is -1.08.